The molecule has 0 saturated carbocycles. The zero-order chi connectivity index (χ0) is 66.7. The SMILES string of the molecule is CC/C=C\C/C=C\C/C=C\C/C=C\C/C=C\C/C=C\CCCCCCC(=O)OCC(O)COP(=O)(O)OCC(O)COP(=O)(O)OCC(COC(=O)CCCCCC/C=C\C/C=C\C/C=C\C/C=C\CC)OC(=O)CCCCCCC/C=C\C/C=C\CCCCC. The summed E-state index contributed by atoms with van der Waals surface area (Å²) in [6.07, 6.45) is 77.5. The number of ether oxygens (including phenoxy) is 3. The molecule has 0 saturated heterocycles. The molecule has 0 heterocycles. The number of esters is 3. The number of allylic oxidation sites excluding steroid dienone is 24. The van der Waals surface area contributed by atoms with E-state index >= 15 is 0 Å². The van der Waals surface area contributed by atoms with Crippen molar-refractivity contribution in [3.05, 3.63) is 146 Å². The van der Waals surface area contributed by atoms with E-state index in [0.717, 1.165) is 161 Å². The van der Waals surface area contributed by atoms with E-state index in [9.17, 15) is 43.5 Å². The Labute approximate surface area is 549 Å². The van der Waals surface area contributed by atoms with Crippen LogP contribution in [0.5, 0.6) is 0 Å². The van der Waals surface area contributed by atoms with Crippen LogP contribution in [0, 0.1) is 0 Å². The van der Waals surface area contributed by atoms with Crippen LogP contribution >= 0.6 is 15.6 Å². The normalized spacial score (nSPS) is 15.1. The third-order valence-corrected chi connectivity index (χ3v) is 15.4. The molecule has 0 aromatic carbocycles. The molecule has 5 unspecified atom stereocenters. The van der Waals surface area contributed by atoms with E-state index in [1.54, 1.807) is 0 Å². The van der Waals surface area contributed by atoms with E-state index < -0.39 is 91.5 Å². The Morgan fingerprint density at radius 1 is 0.319 bits per heavy atom. The Hall–Kier alpha value is -4.57. The lowest BCUT2D eigenvalue weighted by atomic mass is 10.1. The molecular weight excluding hydrogens is 1190 g/mol. The second-order valence-electron chi connectivity index (χ2n) is 22.2. The molecule has 0 fully saturated rings. The van der Waals surface area contributed by atoms with Crippen molar-refractivity contribution >= 4 is 33.6 Å². The topological polar surface area (TPSA) is 231 Å². The summed E-state index contributed by atoms with van der Waals surface area (Å²) in [4.78, 5) is 58.4. The Morgan fingerprint density at radius 3 is 0.923 bits per heavy atom. The van der Waals surface area contributed by atoms with Crippen molar-refractivity contribution in [3.63, 3.8) is 0 Å². The van der Waals surface area contributed by atoms with Crippen LogP contribution < -0.4 is 0 Å². The highest BCUT2D eigenvalue weighted by Gasteiger charge is 2.29. The number of hydrogen-bond acceptors (Lipinski definition) is 14. The van der Waals surface area contributed by atoms with Gasteiger partial charge in [-0.25, -0.2) is 9.13 Å². The zero-order valence-electron chi connectivity index (χ0n) is 56.0. The van der Waals surface area contributed by atoms with Crippen molar-refractivity contribution < 1.29 is 75.8 Å². The highest BCUT2D eigenvalue weighted by molar-refractivity contribution is 7.47. The first-order valence-electron chi connectivity index (χ1n) is 34.1. The molecule has 4 N–H and O–H groups in total. The van der Waals surface area contributed by atoms with E-state index in [4.69, 9.17) is 32.3 Å². The van der Waals surface area contributed by atoms with Gasteiger partial charge in [0.05, 0.1) is 26.4 Å². The van der Waals surface area contributed by atoms with Crippen molar-refractivity contribution in [2.45, 2.75) is 257 Å². The Morgan fingerprint density at radius 2 is 0.582 bits per heavy atom. The maximum absolute atomic E-state index is 12.9. The molecule has 0 aromatic heterocycles. The van der Waals surface area contributed by atoms with Crippen LogP contribution in [0.25, 0.3) is 0 Å². The van der Waals surface area contributed by atoms with E-state index in [-0.39, 0.29) is 19.3 Å². The minimum Gasteiger partial charge on any atom is -0.463 e. The van der Waals surface area contributed by atoms with E-state index in [1.165, 1.54) is 19.3 Å². The van der Waals surface area contributed by atoms with Gasteiger partial charge in [-0.15, -0.1) is 0 Å². The lowest BCUT2D eigenvalue weighted by Crippen LogP contribution is -2.30. The van der Waals surface area contributed by atoms with Crippen LogP contribution in [0.3, 0.4) is 0 Å². The summed E-state index contributed by atoms with van der Waals surface area (Å²) in [5, 5.41) is 20.5. The predicted octanol–water partition coefficient (Wildman–Crippen LogP) is 19.0. The lowest BCUT2D eigenvalue weighted by molar-refractivity contribution is -0.161. The van der Waals surface area contributed by atoms with Crippen molar-refractivity contribution in [2.75, 3.05) is 39.6 Å². The molecule has 0 radical (unpaired) electrons. The van der Waals surface area contributed by atoms with Gasteiger partial charge in [-0.3, -0.25) is 32.5 Å². The van der Waals surface area contributed by atoms with Crippen molar-refractivity contribution in [1.29, 1.82) is 0 Å². The average Bonchev–Trinajstić information content (AvgIpc) is 3.63. The molecule has 5 atom stereocenters. The molecule has 0 aliphatic heterocycles. The van der Waals surface area contributed by atoms with Crippen molar-refractivity contribution in [1.82, 2.24) is 0 Å². The van der Waals surface area contributed by atoms with Crippen molar-refractivity contribution in [2.24, 2.45) is 0 Å². The summed E-state index contributed by atoms with van der Waals surface area (Å²) in [6.45, 7) is 2.31. The summed E-state index contributed by atoms with van der Waals surface area (Å²) >= 11 is 0. The van der Waals surface area contributed by atoms with Crippen LogP contribution in [0.1, 0.15) is 239 Å². The fourth-order valence-electron chi connectivity index (χ4n) is 8.36. The van der Waals surface area contributed by atoms with Crippen LogP contribution in [-0.2, 0) is 55.8 Å². The zero-order valence-corrected chi connectivity index (χ0v) is 57.7. The number of carbonyl (C=O) groups excluding carboxylic acids is 3. The molecule has 0 aromatic rings. The van der Waals surface area contributed by atoms with Crippen LogP contribution in [0.15, 0.2) is 146 Å². The van der Waals surface area contributed by atoms with E-state index in [1.807, 2.05) is 0 Å². The van der Waals surface area contributed by atoms with Gasteiger partial charge in [0.2, 0.25) is 0 Å². The maximum Gasteiger partial charge on any atom is 0.472 e. The summed E-state index contributed by atoms with van der Waals surface area (Å²) in [7, 11) is -9.81. The van der Waals surface area contributed by atoms with Gasteiger partial charge in [-0.2, -0.15) is 0 Å². The van der Waals surface area contributed by atoms with Gasteiger partial charge in [-0.05, 0) is 141 Å². The molecule has 16 nitrogen and oxygen atoms in total. The molecule has 0 spiro atoms. The maximum atomic E-state index is 12.9. The average molecular weight is 1320 g/mol. The molecule has 18 heteroatoms. The second-order valence-corrected chi connectivity index (χ2v) is 25.1. The number of phosphoric acid groups is 2. The Balaban J connectivity index is 4.70. The fourth-order valence-corrected chi connectivity index (χ4v) is 9.94. The van der Waals surface area contributed by atoms with Gasteiger partial charge in [0.25, 0.3) is 0 Å². The monoisotopic (exact) mass is 1310 g/mol. The van der Waals surface area contributed by atoms with Crippen LogP contribution in [0.2, 0.25) is 0 Å². The van der Waals surface area contributed by atoms with E-state index in [2.05, 4.69) is 167 Å². The predicted molar refractivity (Wildman–Crippen MR) is 371 cm³/mol. The van der Waals surface area contributed by atoms with Crippen LogP contribution in [0.4, 0.5) is 0 Å². The molecule has 0 bridgehead atoms. The summed E-state index contributed by atoms with van der Waals surface area (Å²) in [6, 6.07) is 0. The van der Waals surface area contributed by atoms with Gasteiger partial charge < -0.3 is 34.2 Å². The van der Waals surface area contributed by atoms with Gasteiger partial charge in [0, 0.05) is 19.3 Å². The third-order valence-electron chi connectivity index (χ3n) is 13.5. The molecule has 518 valence electrons. The summed E-state index contributed by atoms with van der Waals surface area (Å²) < 4.78 is 60.8. The number of phosphoric ester groups is 2. The smallest absolute Gasteiger partial charge is 0.463 e. The standard InChI is InChI=1S/C73H120O16P2/c1-4-7-10-13-16-19-22-25-28-30-31-32-33-34-35-37-40-41-44-47-50-53-56-59-71(76)83-62-68(74)63-85-90(79,80)86-64-69(75)65-87-91(81,82)88-67-70(89-73(78)61-58-55-52-49-46-43-38-27-24-21-18-15-12-9-6-3)66-84-72(77)60-57-54-51-48-45-42-39-36-29-26-23-20-17-14-11-8-5-2/h7-8,10-11,16-21,25-29,31-32,34-35,38-42,68-70,74-75H,4-6,9,12-15,22-24,30,33,36-37,43-67H2,1-3H3,(H,79,80)(H,81,82)/b10-7-,11-8-,19-16-,20-17-,21-18-,28-25-,29-26-,32-31-,35-34-,38-27-,41-40-,42-39-. The first-order chi connectivity index (χ1) is 44.2. The molecular formula is C73H120O16P2. The highest BCUT2D eigenvalue weighted by Crippen LogP contribution is 2.45. The molecule has 91 heavy (non-hydrogen) atoms. The number of carbonyl (C=O) groups is 3. The number of aliphatic hydroxyl groups excluding tert-OH is 2. The Bertz CT molecular complexity index is 2240. The highest BCUT2D eigenvalue weighted by atomic mass is 31.2. The summed E-state index contributed by atoms with van der Waals surface area (Å²) in [5.41, 5.74) is 0. The molecule has 0 amide bonds. The minimum atomic E-state index is -4.94. The fraction of sp³-hybridized carbons (Fsp3) is 0.630. The van der Waals surface area contributed by atoms with Crippen molar-refractivity contribution in [3.8, 4) is 0 Å². The summed E-state index contributed by atoms with van der Waals surface area (Å²) in [5.74, 6) is -1.65. The number of aliphatic hydroxyl groups is 2. The van der Waals surface area contributed by atoms with E-state index in [0.29, 0.717) is 19.3 Å². The third kappa shape index (κ3) is 66.7. The quantitative estimate of drug-likeness (QED) is 0.0146. The number of hydrogen-bond donors (Lipinski definition) is 4. The van der Waals surface area contributed by atoms with Gasteiger partial charge in [0.1, 0.15) is 25.4 Å². The molecule has 0 aliphatic carbocycles. The number of unbranched alkanes of at least 4 members (excludes halogenated alkanes) is 16. The molecule has 0 rings (SSSR count). The minimum absolute atomic E-state index is 0.0777. The van der Waals surface area contributed by atoms with Gasteiger partial charge in [-0.1, -0.05) is 224 Å². The van der Waals surface area contributed by atoms with Crippen LogP contribution in [-0.4, -0.2) is 95.9 Å². The molecule has 0 aliphatic rings. The second kappa shape index (κ2) is 65.5. The Kier molecular flexibility index (Phi) is 62.2. The first-order valence-corrected chi connectivity index (χ1v) is 37.1. The largest absolute Gasteiger partial charge is 0.472 e. The lowest BCUT2D eigenvalue weighted by Gasteiger charge is -2.21. The first kappa shape index (κ1) is 86.4. The van der Waals surface area contributed by atoms with Gasteiger partial charge in [0.15, 0.2) is 6.10 Å². The van der Waals surface area contributed by atoms with Gasteiger partial charge >= 0.3 is 33.6 Å². The number of rotatable bonds is 63.